The number of hydrogen-bond acceptors (Lipinski definition) is 4. The molecule has 4 rings (SSSR count). The molecule has 0 spiro atoms. The number of nitriles is 1. The van der Waals surface area contributed by atoms with Crippen molar-refractivity contribution in [2.45, 2.75) is 36.9 Å². The highest BCUT2D eigenvalue weighted by molar-refractivity contribution is 7.91. The molecule has 1 atom stereocenters. The highest BCUT2D eigenvalue weighted by Crippen LogP contribution is 2.43. The van der Waals surface area contributed by atoms with Crippen LogP contribution in [0.15, 0.2) is 58.8 Å². The molecule has 2 aromatic rings. The summed E-state index contributed by atoms with van der Waals surface area (Å²) in [5, 5.41) is 9.34. The molecule has 1 heterocycles. The number of allylic oxidation sites excluding steroid dienone is 1. The summed E-state index contributed by atoms with van der Waals surface area (Å²) in [6.07, 6.45) is -3.06. The molecule has 2 aromatic carbocycles. The largest absolute Gasteiger partial charge is 0.416 e. The van der Waals surface area contributed by atoms with Crippen molar-refractivity contribution in [3.63, 3.8) is 0 Å². The van der Waals surface area contributed by atoms with Gasteiger partial charge in [0.25, 0.3) is 0 Å². The van der Waals surface area contributed by atoms with Gasteiger partial charge in [0.05, 0.1) is 40.5 Å². The van der Waals surface area contributed by atoms with Crippen LogP contribution in [0.25, 0.3) is 4.85 Å². The van der Waals surface area contributed by atoms with Crippen LogP contribution in [0.4, 0.5) is 23.7 Å². The number of rotatable bonds is 5. The standard InChI is InChI=1S/C25H21F3N4O3S/c1-15-22(30-2)23(20-10-9-17(13-29)11-21(20)36(34,35)14-16-7-8-16)31(3)24(33)32(15)19-6-4-5-18(12-19)25(26,27)28/h4-6,9-12,16,23H,7-8,14H2,1,3H3/t23-/m1/s1. The Morgan fingerprint density at radius 1 is 1.19 bits per heavy atom. The first-order valence-corrected chi connectivity index (χ1v) is 12.6. The Labute approximate surface area is 206 Å². The summed E-state index contributed by atoms with van der Waals surface area (Å²) in [6, 6.07) is 8.40. The first kappa shape index (κ1) is 25.3. The lowest BCUT2D eigenvalue weighted by Gasteiger charge is -2.40. The number of urea groups is 1. The van der Waals surface area contributed by atoms with Crippen LogP contribution in [0.1, 0.15) is 42.5 Å². The summed E-state index contributed by atoms with van der Waals surface area (Å²) in [6.45, 7) is 9.24. The normalized spacial score (nSPS) is 18.8. The van der Waals surface area contributed by atoms with E-state index in [1.165, 1.54) is 44.3 Å². The van der Waals surface area contributed by atoms with Crippen molar-refractivity contribution < 1.29 is 26.4 Å². The number of hydrogen-bond donors (Lipinski definition) is 0. The number of carbonyl (C=O) groups excluding carboxylic acids is 1. The second-order valence-electron chi connectivity index (χ2n) is 8.85. The smallest absolute Gasteiger partial charge is 0.325 e. The Morgan fingerprint density at radius 2 is 1.89 bits per heavy atom. The molecule has 0 saturated heterocycles. The Bertz CT molecular complexity index is 1460. The highest BCUT2D eigenvalue weighted by atomic mass is 32.2. The van der Waals surface area contributed by atoms with Gasteiger partial charge in [-0.3, -0.25) is 4.90 Å². The Balaban J connectivity index is 1.88. The van der Waals surface area contributed by atoms with E-state index in [-0.39, 0.29) is 44.8 Å². The molecule has 1 fully saturated rings. The lowest BCUT2D eigenvalue weighted by atomic mass is 9.97. The third-order valence-corrected chi connectivity index (χ3v) is 8.26. The second kappa shape index (κ2) is 8.99. The van der Waals surface area contributed by atoms with E-state index < -0.39 is 33.6 Å². The predicted octanol–water partition coefficient (Wildman–Crippen LogP) is 5.52. The molecule has 36 heavy (non-hydrogen) atoms. The lowest BCUT2D eigenvalue weighted by molar-refractivity contribution is -0.137. The van der Waals surface area contributed by atoms with Crippen molar-refractivity contribution in [2.75, 3.05) is 17.7 Å². The van der Waals surface area contributed by atoms with Crippen molar-refractivity contribution in [1.29, 1.82) is 5.26 Å². The van der Waals surface area contributed by atoms with Crippen LogP contribution in [-0.4, -0.2) is 32.1 Å². The molecule has 0 bridgehead atoms. The summed E-state index contributed by atoms with van der Waals surface area (Å²) in [4.78, 5) is 19.0. The molecule has 2 aliphatic rings. The average molecular weight is 515 g/mol. The number of sulfone groups is 1. The molecule has 1 saturated carbocycles. The molecule has 0 unspecified atom stereocenters. The highest BCUT2D eigenvalue weighted by Gasteiger charge is 2.42. The number of benzene rings is 2. The van der Waals surface area contributed by atoms with Crippen molar-refractivity contribution >= 4 is 21.6 Å². The molecule has 7 nitrogen and oxygen atoms in total. The van der Waals surface area contributed by atoms with E-state index >= 15 is 0 Å². The molecule has 0 N–H and O–H groups in total. The number of nitrogens with zero attached hydrogens (tertiary/aromatic N) is 4. The zero-order valence-corrected chi connectivity index (χ0v) is 20.2. The maximum atomic E-state index is 13.4. The molecular formula is C25H21F3N4O3S. The number of amides is 2. The fraction of sp³-hybridized carbons (Fsp3) is 0.320. The Kier molecular flexibility index (Phi) is 6.31. The third-order valence-electron chi connectivity index (χ3n) is 6.32. The SMILES string of the molecule is [C-]#[N+]C1=C(C)N(c2cccc(C(F)(F)F)c2)C(=O)N(C)[C@@H]1c1ccc(C#N)cc1S(=O)(=O)CC1CC1. The monoisotopic (exact) mass is 514 g/mol. The van der Waals surface area contributed by atoms with E-state index in [4.69, 9.17) is 6.57 Å². The molecular weight excluding hydrogens is 493 g/mol. The van der Waals surface area contributed by atoms with Crippen molar-refractivity contribution in [2.24, 2.45) is 5.92 Å². The fourth-order valence-corrected chi connectivity index (χ4v) is 6.29. The summed E-state index contributed by atoms with van der Waals surface area (Å²) in [5.74, 6) is -0.0839. The van der Waals surface area contributed by atoms with Gasteiger partial charge in [-0.1, -0.05) is 12.1 Å². The van der Waals surface area contributed by atoms with Gasteiger partial charge in [0.15, 0.2) is 9.84 Å². The second-order valence-corrected chi connectivity index (χ2v) is 10.9. The maximum Gasteiger partial charge on any atom is 0.416 e. The van der Waals surface area contributed by atoms with Gasteiger partial charge >= 0.3 is 12.2 Å². The first-order chi connectivity index (χ1) is 16.9. The van der Waals surface area contributed by atoms with Crippen molar-refractivity contribution in [3.8, 4) is 6.07 Å². The summed E-state index contributed by atoms with van der Waals surface area (Å²) >= 11 is 0. The molecule has 0 radical (unpaired) electrons. The third kappa shape index (κ3) is 4.54. The number of alkyl halides is 3. The number of halogens is 3. The van der Waals surface area contributed by atoms with E-state index in [9.17, 15) is 31.6 Å². The van der Waals surface area contributed by atoms with E-state index in [0.29, 0.717) is 0 Å². The fourth-order valence-electron chi connectivity index (χ4n) is 4.31. The number of carbonyl (C=O) groups is 1. The summed E-state index contributed by atoms with van der Waals surface area (Å²) in [7, 11) is -2.48. The molecule has 1 aliphatic heterocycles. The van der Waals surface area contributed by atoms with Gasteiger partial charge in [-0.25, -0.2) is 18.1 Å². The van der Waals surface area contributed by atoms with Gasteiger partial charge in [0.2, 0.25) is 5.70 Å². The van der Waals surface area contributed by atoms with E-state index in [0.717, 1.165) is 34.8 Å². The van der Waals surface area contributed by atoms with Crippen LogP contribution in [0.2, 0.25) is 0 Å². The van der Waals surface area contributed by atoms with Crippen LogP contribution >= 0.6 is 0 Å². The van der Waals surface area contributed by atoms with Crippen molar-refractivity contribution in [1.82, 2.24) is 4.90 Å². The van der Waals surface area contributed by atoms with E-state index in [2.05, 4.69) is 4.85 Å². The topological polar surface area (TPSA) is 85.8 Å². The predicted molar refractivity (Wildman–Crippen MR) is 125 cm³/mol. The maximum absolute atomic E-state index is 13.4. The zero-order chi connectivity index (χ0) is 26.4. The quantitative estimate of drug-likeness (QED) is 0.492. The molecule has 186 valence electrons. The van der Waals surface area contributed by atoms with Crippen molar-refractivity contribution in [3.05, 3.63) is 82.0 Å². The van der Waals surface area contributed by atoms with Gasteiger partial charge in [0.1, 0.15) is 0 Å². The van der Waals surface area contributed by atoms with Crippen LogP contribution in [0, 0.1) is 23.8 Å². The summed E-state index contributed by atoms with van der Waals surface area (Å²) < 4.78 is 66.4. The van der Waals surface area contributed by atoms with Crippen LogP contribution in [0.3, 0.4) is 0 Å². The van der Waals surface area contributed by atoms with Gasteiger partial charge in [-0.2, -0.15) is 18.4 Å². The molecule has 2 amide bonds. The minimum absolute atomic E-state index is 0.0120. The van der Waals surface area contributed by atoms with Gasteiger partial charge in [0, 0.05) is 18.4 Å². The number of anilines is 1. The zero-order valence-electron chi connectivity index (χ0n) is 19.4. The van der Waals surface area contributed by atoms with Crippen LogP contribution in [0.5, 0.6) is 0 Å². The van der Waals surface area contributed by atoms with Gasteiger partial charge < -0.3 is 4.90 Å². The molecule has 11 heteroatoms. The average Bonchev–Trinajstić information content (AvgIpc) is 3.64. The first-order valence-electron chi connectivity index (χ1n) is 11.0. The lowest BCUT2D eigenvalue weighted by Crippen LogP contribution is -2.47. The minimum atomic E-state index is -4.63. The summed E-state index contributed by atoms with van der Waals surface area (Å²) in [5.41, 5.74) is -0.655. The van der Waals surface area contributed by atoms with Gasteiger partial charge in [-0.15, -0.1) is 0 Å². The van der Waals surface area contributed by atoms with Gasteiger partial charge in [-0.05, 0) is 61.6 Å². The van der Waals surface area contributed by atoms with E-state index in [1.54, 1.807) is 0 Å². The Morgan fingerprint density at radius 3 is 2.47 bits per heavy atom. The Hall–Kier alpha value is -3.83. The minimum Gasteiger partial charge on any atom is -0.325 e. The molecule has 0 aromatic heterocycles. The van der Waals surface area contributed by atoms with Crippen LogP contribution < -0.4 is 4.90 Å². The molecule has 1 aliphatic carbocycles. The van der Waals surface area contributed by atoms with Crippen LogP contribution in [-0.2, 0) is 16.0 Å². The number of likely N-dealkylation sites (N-methyl/N-ethyl adjacent to an activating group) is 1. The van der Waals surface area contributed by atoms with E-state index in [1.807, 2.05) is 6.07 Å².